The van der Waals surface area contributed by atoms with E-state index in [1.807, 2.05) is 0 Å². The van der Waals surface area contributed by atoms with Crippen molar-refractivity contribution in [3.8, 4) is 0 Å². The van der Waals surface area contributed by atoms with Crippen LogP contribution >= 0.6 is 0 Å². The summed E-state index contributed by atoms with van der Waals surface area (Å²) in [5.74, 6) is -5.66. The number of sulfone groups is 1. The second-order valence-corrected chi connectivity index (χ2v) is 5.43. The second-order valence-electron chi connectivity index (χ2n) is 3.61. The molecule has 0 aromatic heterocycles. The SMILES string of the molecule is O=S(=O)(c1c(F)cccc1F)c1c(F)cccc1F. The van der Waals surface area contributed by atoms with E-state index in [-0.39, 0.29) is 0 Å². The topological polar surface area (TPSA) is 34.1 Å². The van der Waals surface area contributed by atoms with Gasteiger partial charge in [0.05, 0.1) is 0 Å². The van der Waals surface area contributed by atoms with Gasteiger partial charge in [0.1, 0.15) is 33.1 Å². The molecule has 19 heavy (non-hydrogen) atoms. The number of halogens is 4. The van der Waals surface area contributed by atoms with Crippen molar-refractivity contribution >= 4 is 9.84 Å². The molecule has 0 N–H and O–H groups in total. The fraction of sp³-hybridized carbons (Fsp3) is 0. The van der Waals surface area contributed by atoms with Gasteiger partial charge in [0, 0.05) is 0 Å². The highest BCUT2D eigenvalue weighted by Gasteiger charge is 2.31. The van der Waals surface area contributed by atoms with Crippen molar-refractivity contribution in [3.63, 3.8) is 0 Å². The van der Waals surface area contributed by atoms with Crippen LogP contribution in [-0.4, -0.2) is 8.42 Å². The smallest absolute Gasteiger partial charge is 0.218 e. The molecular formula is C12H6F4O2S. The van der Waals surface area contributed by atoms with Crippen molar-refractivity contribution in [1.29, 1.82) is 0 Å². The van der Waals surface area contributed by atoms with Gasteiger partial charge in [-0.3, -0.25) is 0 Å². The average molecular weight is 290 g/mol. The van der Waals surface area contributed by atoms with Gasteiger partial charge in [-0.25, -0.2) is 26.0 Å². The normalized spacial score (nSPS) is 11.6. The zero-order chi connectivity index (χ0) is 14.2. The lowest BCUT2D eigenvalue weighted by atomic mass is 10.3. The standard InChI is InChI=1S/C12H6F4O2S/c13-7-3-1-4-8(14)11(7)19(17,18)12-9(15)5-2-6-10(12)16/h1-6H. The van der Waals surface area contributed by atoms with Crippen molar-refractivity contribution in [3.05, 3.63) is 59.7 Å². The van der Waals surface area contributed by atoms with E-state index in [1.54, 1.807) is 0 Å². The van der Waals surface area contributed by atoms with Gasteiger partial charge >= 0.3 is 0 Å². The van der Waals surface area contributed by atoms with Gasteiger partial charge < -0.3 is 0 Å². The molecule has 0 aliphatic rings. The highest BCUT2D eigenvalue weighted by Crippen LogP contribution is 2.29. The molecular weight excluding hydrogens is 284 g/mol. The zero-order valence-electron chi connectivity index (χ0n) is 9.20. The quantitative estimate of drug-likeness (QED) is 0.797. The molecule has 0 heterocycles. The van der Waals surface area contributed by atoms with Crippen LogP contribution in [0, 0.1) is 23.3 Å². The van der Waals surface area contributed by atoms with Crippen molar-refractivity contribution < 1.29 is 26.0 Å². The fourth-order valence-electron chi connectivity index (χ4n) is 1.58. The van der Waals surface area contributed by atoms with Gasteiger partial charge in [-0.05, 0) is 24.3 Å². The highest BCUT2D eigenvalue weighted by atomic mass is 32.2. The second kappa shape index (κ2) is 4.65. The number of hydrogen-bond donors (Lipinski definition) is 0. The van der Waals surface area contributed by atoms with Crippen LogP contribution in [0.3, 0.4) is 0 Å². The summed E-state index contributed by atoms with van der Waals surface area (Å²) in [5, 5.41) is 0. The lowest BCUT2D eigenvalue weighted by Gasteiger charge is -2.08. The highest BCUT2D eigenvalue weighted by molar-refractivity contribution is 7.91. The Morgan fingerprint density at radius 1 is 0.632 bits per heavy atom. The third kappa shape index (κ3) is 2.21. The molecule has 0 fully saturated rings. The molecule has 2 aromatic carbocycles. The molecule has 0 amide bonds. The summed E-state index contributed by atoms with van der Waals surface area (Å²) >= 11 is 0. The molecule has 0 radical (unpaired) electrons. The predicted octanol–water partition coefficient (Wildman–Crippen LogP) is 3.08. The Labute approximate surface area is 106 Å². The van der Waals surface area contributed by atoms with Gasteiger partial charge in [0.15, 0.2) is 0 Å². The van der Waals surface area contributed by atoms with Gasteiger partial charge in [-0.1, -0.05) is 12.1 Å². The van der Waals surface area contributed by atoms with Crippen LogP contribution in [0.15, 0.2) is 46.2 Å². The molecule has 2 aromatic rings. The maximum atomic E-state index is 13.4. The van der Waals surface area contributed by atoms with E-state index in [9.17, 15) is 26.0 Å². The third-order valence-electron chi connectivity index (χ3n) is 2.38. The van der Waals surface area contributed by atoms with E-state index >= 15 is 0 Å². The number of hydrogen-bond acceptors (Lipinski definition) is 2. The summed E-state index contributed by atoms with van der Waals surface area (Å²) in [7, 11) is -4.96. The summed E-state index contributed by atoms with van der Waals surface area (Å²) in [5.41, 5.74) is 0. The molecule has 7 heteroatoms. The van der Waals surface area contributed by atoms with Gasteiger partial charge in [-0.2, -0.15) is 0 Å². The molecule has 0 spiro atoms. The van der Waals surface area contributed by atoms with E-state index in [4.69, 9.17) is 0 Å². The first-order valence-electron chi connectivity index (χ1n) is 4.99. The van der Waals surface area contributed by atoms with Gasteiger partial charge in [0.2, 0.25) is 9.84 Å². The van der Waals surface area contributed by atoms with E-state index < -0.39 is 42.9 Å². The molecule has 2 rings (SSSR count). The number of benzene rings is 2. The largest absolute Gasteiger partial charge is 0.218 e. The first-order chi connectivity index (χ1) is 8.85. The Hall–Kier alpha value is -1.89. The molecule has 100 valence electrons. The molecule has 0 atom stereocenters. The lowest BCUT2D eigenvalue weighted by Crippen LogP contribution is -2.11. The average Bonchev–Trinajstić information content (AvgIpc) is 2.27. The molecule has 0 aliphatic carbocycles. The maximum absolute atomic E-state index is 13.4. The zero-order valence-corrected chi connectivity index (χ0v) is 10.0. The number of rotatable bonds is 2. The van der Waals surface area contributed by atoms with Crippen LogP contribution in [0.4, 0.5) is 17.6 Å². The molecule has 0 aliphatic heterocycles. The summed E-state index contributed by atoms with van der Waals surface area (Å²) < 4.78 is 77.6. The Morgan fingerprint density at radius 3 is 1.16 bits per heavy atom. The molecule has 0 unspecified atom stereocenters. The monoisotopic (exact) mass is 290 g/mol. The first kappa shape index (κ1) is 13.5. The minimum absolute atomic E-state index is 0.689. The van der Waals surface area contributed by atoms with Gasteiger partial charge in [0.25, 0.3) is 0 Å². The van der Waals surface area contributed by atoms with Crippen molar-refractivity contribution in [2.75, 3.05) is 0 Å². The minimum Gasteiger partial charge on any atom is -0.218 e. The summed E-state index contributed by atoms with van der Waals surface area (Å²) in [4.78, 5) is -2.75. The molecule has 2 nitrogen and oxygen atoms in total. The maximum Gasteiger partial charge on any atom is 0.218 e. The van der Waals surface area contributed by atoms with E-state index in [0.29, 0.717) is 24.3 Å². The van der Waals surface area contributed by atoms with Crippen LogP contribution in [0.2, 0.25) is 0 Å². The van der Waals surface area contributed by atoms with Crippen molar-refractivity contribution in [2.24, 2.45) is 0 Å². The Balaban J connectivity index is 2.81. The Bertz CT molecular complexity index is 643. The molecule has 0 bridgehead atoms. The fourth-order valence-corrected chi connectivity index (χ4v) is 3.08. The van der Waals surface area contributed by atoms with Gasteiger partial charge in [-0.15, -0.1) is 0 Å². The minimum atomic E-state index is -4.96. The molecule has 0 saturated heterocycles. The van der Waals surface area contributed by atoms with E-state index in [1.165, 1.54) is 0 Å². The first-order valence-corrected chi connectivity index (χ1v) is 6.47. The summed E-state index contributed by atoms with van der Waals surface area (Å²) in [6, 6.07) is 4.65. The lowest BCUT2D eigenvalue weighted by molar-refractivity contribution is 0.499. The summed E-state index contributed by atoms with van der Waals surface area (Å²) in [6.07, 6.45) is 0. The van der Waals surface area contributed by atoms with E-state index in [0.717, 1.165) is 12.1 Å². The van der Waals surface area contributed by atoms with Crippen LogP contribution in [0.25, 0.3) is 0 Å². The Kier molecular flexibility index (Phi) is 3.32. The van der Waals surface area contributed by atoms with Crippen LogP contribution in [0.5, 0.6) is 0 Å². The van der Waals surface area contributed by atoms with Crippen molar-refractivity contribution in [1.82, 2.24) is 0 Å². The third-order valence-corrected chi connectivity index (χ3v) is 4.23. The summed E-state index contributed by atoms with van der Waals surface area (Å²) in [6.45, 7) is 0. The van der Waals surface area contributed by atoms with E-state index in [2.05, 4.69) is 0 Å². The van der Waals surface area contributed by atoms with Crippen LogP contribution in [-0.2, 0) is 9.84 Å². The predicted molar refractivity (Wildman–Crippen MR) is 58.2 cm³/mol. The van der Waals surface area contributed by atoms with Crippen LogP contribution in [0.1, 0.15) is 0 Å². The van der Waals surface area contributed by atoms with Crippen molar-refractivity contribution in [2.45, 2.75) is 9.79 Å². The van der Waals surface area contributed by atoms with Crippen LogP contribution < -0.4 is 0 Å². The Morgan fingerprint density at radius 2 is 0.895 bits per heavy atom. The molecule has 0 saturated carbocycles.